The number of carbonyl (C=O) groups is 1. The van der Waals surface area contributed by atoms with Crippen LogP contribution >= 0.6 is 0 Å². The van der Waals surface area contributed by atoms with Crippen molar-refractivity contribution in [2.45, 2.75) is 20.3 Å². The van der Waals surface area contributed by atoms with Crippen molar-refractivity contribution >= 4 is 5.78 Å². The molecule has 80 valence electrons. The molecule has 15 heavy (non-hydrogen) atoms. The Labute approximate surface area is 90.3 Å². The molecule has 0 saturated heterocycles. The van der Waals surface area contributed by atoms with E-state index in [1.807, 2.05) is 31.2 Å². The molecule has 2 atom stereocenters. The lowest BCUT2D eigenvalue weighted by Crippen LogP contribution is -2.20. The summed E-state index contributed by atoms with van der Waals surface area (Å²) in [6, 6.07) is 0. The predicted octanol–water partition coefficient (Wildman–Crippen LogP) is 2.63. The van der Waals surface area contributed by atoms with Crippen LogP contribution in [0.4, 0.5) is 0 Å². The molecule has 0 unspecified atom stereocenters. The van der Waals surface area contributed by atoms with Gasteiger partial charge in [0.05, 0.1) is 12.5 Å². The summed E-state index contributed by atoms with van der Waals surface area (Å²) in [5, 5.41) is 0. The van der Waals surface area contributed by atoms with Crippen molar-refractivity contribution in [2.75, 3.05) is 7.11 Å². The molecule has 1 fully saturated rings. The highest BCUT2D eigenvalue weighted by molar-refractivity contribution is 5.93. The molecule has 0 N–H and O–H groups in total. The Kier molecular flexibility index (Phi) is 2.29. The number of carbonyl (C=O) groups excluding carboxylic acids is 1. The van der Waals surface area contributed by atoms with Gasteiger partial charge in [0.15, 0.2) is 0 Å². The van der Waals surface area contributed by atoms with Crippen molar-refractivity contribution in [1.29, 1.82) is 0 Å². The molecule has 0 aromatic carbocycles. The smallest absolute Gasteiger partial charge is 0.147 e. The van der Waals surface area contributed by atoms with Gasteiger partial charge >= 0.3 is 0 Å². The molecule has 2 aliphatic carbocycles. The number of ether oxygens (including phenoxy) is 1. The maximum Gasteiger partial charge on any atom is 0.147 e. The maximum atomic E-state index is 11.9. The molecule has 0 bridgehead atoms. The summed E-state index contributed by atoms with van der Waals surface area (Å²) in [5.74, 6) is 1.46. The predicted molar refractivity (Wildman–Crippen MR) is 59.2 cm³/mol. The highest BCUT2D eigenvalue weighted by atomic mass is 16.5. The Morgan fingerprint density at radius 1 is 1.47 bits per heavy atom. The fourth-order valence-corrected chi connectivity index (χ4v) is 2.41. The Morgan fingerprint density at radius 2 is 2.20 bits per heavy atom. The Hall–Kier alpha value is -1.31. The number of rotatable bonds is 1. The summed E-state index contributed by atoms with van der Waals surface area (Å²) in [6.45, 7) is 4.10. The molecule has 0 spiro atoms. The third-order valence-electron chi connectivity index (χ3n) is 3.45. The van der Waals surface area contributed by atoms with Gasteiger partial charge in [-0.25, -0.2) is 0 Å². The van der Waals surface area contributed by atoms with E-state index < -0.39 is 5.41 Å². The van der Waals surface area contributed by atoms with Gasteiger partial charge in [-0.3, -0.25) is 4.79 Å². The second-order valence-electron chi connectivity index (χ2n) is 4.46. The normalized spacial score (nSPS) is 34.3. The number of fused-ring (bicyclic) bond motifs is 1. The zero-order valence-corrected chi connectivity index (χ0v) is 9.41. The Morgan fingerprint density at radius 3 is 2.87 bits per heavy atom. The van der Waals surface area contributed by atoms with Crippen LogP contribution in [0.25, 0.3) is 0 Å². The van der Waals surface area contributed by atoms with Crippen LogP contribution in [0.5, 0.6) is 0 Å². The number of hydrogen-bond donors (Lipinski definition) is 0. The highest BCUT2D eigenvalue weighted by Gasteiger charge is 2.43. The van der Waals surface area contributed by atoms with E-state index in [2.05, 4.69) is 6.92 Å². The van der Waals surface area contributed by atoms with Crippen LogP contribution in [0.3, 0.4) is 0 Å². The van der Waals surface area contributed by atoms with E-state index in [1.165, 1.54) is 5.57 Å². The van der Waals surface area contributed by atoms with Gasteiger partial charge in [0.25, 0.3) is 0 Å². The van der Waals surface area contributed by atoms with Gasteiger partial charge in [0, 0.05) is 6.42 Å². The van der Waals surface area contributed by atoms with E-state index >= 15 is 0 Å². The molecular formula is C13H16O2. The number of allylic oxidation sites excluding steroid dienone is 5. The summed E-state index contributed by atoms with van der Waals surface area (Å²) in [6.07, 6.45) is 8.48. The van der Waals surface area contributed by atoms with Crippen molar-refractivity contribution in [3.05, 3.63) is 35.6 Å². The fraction of sp³-hybridized carbons (Fsp3) is 0.462. The summed E-state index contributed by atoms with van der Waals surface area (Å²) in [5.41, 5.74) is 0.798. The minimum atomic E-state index is -0.407. The fourth-order valence-electron chi connectivity index (χ4n) is 2.41. The Balaban J connectivity index is 2.48. The molecule has 0 heterocycles. The van der Waals surface area contributed by atoms with Crippen LogP contribution in [0.2, 0.25) is 0 Å². The second-order valence-corrected chi connectivity index (χ2v) is 4.46. The first kappa shape index (κ1) is 10.2. The lowest BCUT2D eigenvalue weighted by Gasteiger charge is -2.20. The first-order chi connectivity index (χ1) is 7.08. The van der Waals surface area contributed by atoms with E-state index in [9.17, 15) is 4.79 Å². The highest BCUT2D eigenvalue weighted by Crippen LogP contribution is 2.45. The Bertz CT molecular complexity index is 387. The maximum absolute atomic E-state index is 11.9. The molecular weight excluding hydrogens is 188 g/mol. The zero-order chi connectivity index (χ0) is 11.1. The molecule has 2 heteroatoms. The lowest BCUT2D eigenvalue weighted by molar-refractivity contribution is -0.122. The molecule has 0 aliphatic heterocycles. The topological polar surface area (TPSA) is 26.3 Å². The second kappa shape index (κ2) is 3.37. The molecule has 0 amide bonds. The van der Waals surface area contributed by atoms with Gasteiger partial charge in [0.2, 0.25) is 0 Å². The van der Waals surface area contributed by atoms with Crippen LogP contribution in [0.15, 0.2) is 35.6 Å². The van der Waals surface area contributed by atoms with Crippen LogP contribution in [-0.4, -0.2) is 12.9 Å². The van der Waals surface area contributed by atoms with Crippen LogP contribution in [0.1, 0.15) is 20.3 Å². The quantitative estimate of drug-likeness (QED) is 0.656. The van der Waals surface area contributed by atoms with E-state index in [1.54, 1.807) is 7.11 Å². The van der Waals surface area contributed by atoms with Crippen molar-refractivity contribution in [2.24, 2.45) is 11.3 Å². The molecule has 1 saturated carbocycles. The van der Waals surface area contributed by atoms with Gasteiger partial charge in [-0.05, 0) is 30.6 Å². The summed E-state index contributed by atoms with van der Waals surface area (Å²) < 4.78 is 5.17. The largest absolute Gasteiger partial charge is 0.497 e. The number of methoxy groups -OCH3 is 1. The number of ketones is 1. The van der Waals surface area contributed by atoms with Gasteiger partial charge in [-0.1, -0.05) is 19.1 Å². The average Bonchev–Trinajstić information content (AvgIpc) is 2.38. The van der Waals surface area contributed by atoms with Crippen molar-refractivity contribution in [1.82, 2.24) is 0 Å². The van der Waals surface area contributed by atoms with Gasteiger partial charge < -0.3 is 4.74 Å². The number of Topliss-reactive ketones (excluding diaryl/α,β-unsaturated/α-hetero) is 1. The standard InChI is InChI=1S/C13H16O2/c1-9-8-12(14)13(2)7-6-10(15-3)4-5-11(9)13/h4-7,9H,8H2,1-3H3/t9-,13-/m0/s1. The van der Waals surface area contributed by atoms with Gasteiger partial charge in [-0.2, -0.15) is 0 Å². The first-order valence-electron chi connectivity index (χ1n) is 5.27. The van der Waals surface area contributed by atoms with E-state index in [0.29, 0.717) is 18.1 Å². The van der Waals surface area contributed by atoms with Crippen LogP contribution in [-0.2, 0) is 9.53 Å². The van der Waals surface area contributed by atoms with Crippen molar-refractivity contribution < 1.29 is 9.53 Å². The molecule has 0 radical (unpaired) electrons. The average molecular weight is 204 g/mol. The minimum Gasteiger partial charge on any atom is -0.497 e. The molecule has 0 aromatic rings. The van der Waals surface area contributed by atoms with E-state index in [4.69, 9.17) is 4.74 Å². The third-order valence-corrected chi connectivity index (χ3v) is 3.45. The summed E-state index contributed by atoms with van der Waals surface area (Å²) in [7, 11) is 1.64. The third kappa shape index (κ3) is 1.44. The summed E-state index contributed by atoms with van der Waals surface area (Å²) >= 11 is 0. The lowest BCUT2D eigenvalue weighted by atomic mass is 9.82. The minimum absolute atomic E-state index is 0.309. The zero-order valence-electron chi connectivity index (χ0n) is 9.41. The monoisotopic (exact) mass is 204 g/mol. The molecule has 0 aromatic heterocycles. The van der Waals surface area contributed by atoms with Crippen molar-refractivity contribution in [3.63, 3.8) is 0 Å². The van der Waals surface area contributed by atoms with E-state index in [0.717, 1.165) is 5.76 Å². The number of hydrogen-bond acceptors (Lipinski definition) is 2. The molecule has 2 aliphatic rings. The van der Waals surface area contributed by atoms with E-state index in [-0.39, 0.29) is 0 Å². The van der Waals surface area contributed by atoms with Crippen LogP contribution < -0.4 is 0 Å². The first-order valence-corrected chi connectivity index (χ1v) is 5.27. The SMILES string of the molecule is COC1=CC=C2[C@@H](C)CC(=O)[C@@]2(C)C=C1. The van der Waals surface area contributed by atoms with Crippen LogP contribution in [0, 0.1) is 11.3 Å². The van der Waals surface area contributed by atoms with Gasteiger partial charge in [0.1, 0.15) is 11.5 Å². The molecule has 2 rings (SSSR count). The van der Waals surface area contributed by atoms with Crippen molar-refractivity contribution in [3.8, 4) is 0 Å². The molecule has 2 nitrogen and oxygen atoms in total. The summed E-state index contributed by atoms with van der Waals surface area (Å²) in [4.78, 5) is 11.9. The van der Waals surface area contributed by atoms with Gasteiger partial charge in [-0.15, -0.1) is 0 Å².